The van der Waals surface area contributed by atoms with Gasteiger partial charge in [0.2, 0.25) is 5.91 Å². The Kier molecular flexibility index (Phi) is 4.55. The SMILES string of the molecule is CCNCC(=O)N1CCC[C@H](C(=O)O)C1. The summed E-state index contributed by atoms with van der Waals surface area (Å²) < 4.78 is 0. The molecule has 1 heterocycles. The van der Waals surface area contributed by atoms with E-state index in [0.717, 1.165) is 13.0 Å². The number of carbonyl (C=O) groups excluding carboxylic acids is 1. The van der Waals surface area contributed by atoms with E-state index >= 15 is 0 Å². The predicted molar refractivity (Wildman–Crippen MR) is 55.5 cm³/mol. The molecule has 0 spiro atoms. The second-order valence-corrected chi connectivity index (χ2v) is 3.80. The number of likely N-dealkylation sites (tertiary alicyclic amines) is 1. The molecule has 0 bridgehead atoms. The van der Waals surface area contributed by atoms with Gasteiger partial charge >= 0.3 is 5.97 Å². The summed E-state index contributed by atoms with van der Waals surface area (Å²) in [5.41, 5.74) is 0. The smallest absolute Gasteiger partial charge is 0.308 e. The van der Waals surface area contributed by atoms with E-state index in [-0.39, 0.29) is 11.8 Å². The summed E-state index contributed by atoms with van der Waals surface area (Å²) >= 11 is 0. The van der Waals surface area contributed by atoms with Gasteiger partial charge in [-0.25, -0.2) is 0 Å². The molecule has 1 aliphatic heterocycles. The molecule has 86 valence electrons. The van der Waals surface area contributed by atoms with E-state index in [1.54, 1.807) is 4.90 Å². The second-order valence-electron chi connectivity index (χ2n) is 3.80. The zero-order valence-electron chi connectivity index (χ0n) is 9.03. The van der Waals surface area contributed by atoms with Gasteiger partial charge in [-0.05, 0) is 19.4 Å². The number of amides is 1. The summed E-state index contributed by atoms with van der Waals surface area (Å²) in [7, 11) is 0. The van der Waals surface area contributed by atoms with Gasteiger partial charge < -0.3 is 15.3 Å². The van der Waals surface area contributed by atoms with Crippen molar-refractivity contribution in [1.29, 1.82) is 0 Å². The molecule has 1 atom stereocenters. The van der Waals surface area contributed by atoms with Crippen LogP contribution in [0, 0.1) is 5.92 Å². The third-order valence-electron chi connectivity index (χ3n) is 2.65. The Hall–Kier alpha value is -1.10. The highest BCUT2D eigenvalue weighted by Crippen LogP contribution is 2.16. The van der Waals surface area contributed by atoms with E-state index in [9.17, 15) is 9.59 Å². The molecule has 5 nitrogen and oxygen atoms in total. The lowest BCUT2D eigenvalue weighted by Crippen LogP contribution is -2.45. The van der Waals surface area contributed by atoms with Crippen LogP contribution in [0.5, 0.6) is 0 Å². The summed E-state index contributed by atoms with van der Waals surface area (Å²) in [6, 6.07) is 0. The Balaban J connectivity index is 2.41. The minimum Gasteiger partial charge on any atom is -0.481 e. The van der Waals surface area contributed by atoms with E-state index in [2.05, 4.69) is 5.32 Å². The molecule has 2 N–H and O–H groups in total. The van der Waals surface area contributed by atoms with Crippen LogP contribution < -0.4 is 5.32 Å². The van der Waals surface area contributed by atoms with Gasteiger partial charge in [0.1, 0.15) is 0 Å². The number of hydrogen-bond donors (Lipinski definition) is 2. The number of carbonyl (C=O) groups is 2. The van der Waals surface area contributed by atoms with Crippen LogP contribution in [-0.4, -0.2) is 48.1 Å². The molecule has 1 amide bonds. The number of aliphatic carboxylic acids is 1. The normalized spacial score (nSPS) is 21.4. The molecule has 1 rings (SSSR count). The molecule has 15 heavy (non-hydrogen) atoms. The molecule has 0 saturated carbocycles. The second kappa shape index (κ2) is 5.70. The van der Waals surface area contributed by atoms with Gasteiger partial charge in [-0.15, -0.1) is 0 Å². The fraction of sp³-hybridized carbons (Fsp3) is 0.800. The van der Waals surface area contributed by atoms with Crippen molar-refractivity contribution in [2.75, 3.05) is 26.2 Å². The fourth-order valence-corrected chi connectivity index (χ4v) is 1.75. The average Bonchev–Trinajstić information content (AvgIpc) is 2.26. The van der Waals surface area contributed by atoms with Crippen LogP contribution in [0.25, 0.3) is 0 Å². The van der Waals surface area contributed by atoms with Crippen molar-refractivity contribution < 1.29 is 14.7 Å². The Bertz CT molecular complexity index is 243. The number of rotatable bonds is 4. The van der Waals surface area contributed by atoms with Crippen molar-refractivity contribution in [3.05, 3.63) is 0 Å². The molecule has 0 radical (unpaired) electrons. The molecule has 5 heteroatoms. The third-order valence-corrected chi connectivity index (χ3v) is 2.65. The van der Waals surface area contributed by atoms with Crippen LogP contribution in [-0.2, 0) is 9.59 Å². The molecule has 1 aliphatic rings. The van der Waals surface area contributed by atoms with Gasteiger partial charge in [0.15, 0.2) is 0 Å². The maximum atomic E-state index is 11.6. The van der Waals surface area contributed by atoms with Crippen molar-refractivity contribution in [2.45, 2.75) is 19.8 Å². The standard InChI is InChI=1S/C10H18N2O3/c1-2-11-6-9(13)12-5-3-4-8(7-12)10(14)15/h8,11H,2-7H2,1H3,(H,14,15)/t8-/m0/s1. The van der Waals surface area contributed by atoms with Crippen molar-refractivity contribution >= 4 is 11.9 Å². The Morgan fingerprint density at radius 3 is 2.87 bits per heavy atom. The number of carboxylic acids is 1. The molecule has 1 saturated heterocycles. The first-order valence-electron chi connectivity index (χ1n) is 5.36. The Labute approximate surface area is 89.4 Å². The first kappa shape index (κ1) is 12.0. The van der Waals surface area contributed by atoms with Crippen molar-refractivity contribution in [1.82, 2.24) is 10.2 Å². The third kappa shape index (κ3) is 3.51. The first-order chi connectivity index (χ1) is 7.15. The summed E-state index contributed by atoms with van der Waals surface area (Å²) in [6.45, 7) is 4.04. The molecular formula is C10H18N2O3. The van der Waals surface area contributed by atoms with E-state index in [1.165, 1.54) is 0 Å². The number of nitrogens with one attached hydrogen (secondary N) is 1. The maximum absolute atomic E-state index is 11.6. The Morgan fingerprint density at radius 2 is 2.27 bits per heavy atom. The summed E-state index contributed by atoms with van der Waals surface area (Å²) in [6.07, 6.45) is 1.47. The lowest BCUT2D eigenvalue weighted by molar-refractivity contribution is -0.145. The number of carboxylic acid groups (broad SMARTS) is 1. The fourth-order valence-electron chi connectivity index (χ4n) is 1.75. The van der Waals surface area contributed by atoms with Gasteiger partial charge in [-0.2, -0.15) is 0 Å². The average molecular weight is 214 g/mol. The largest absolute Gasteiger partial charge is 0.481 e. The van der Waals surface area contributed by atoms with Gasteiger partial charge in [-0.3, -0.25) is 9.59 Å². The van der Waals surface area contributed by atoms with E-state index < -0.39 is 5.97 Å². The molecule has 0 aromatic carbocycles. The molecule has 0 aromatic heterocycles. The van der Waals surface area contributed by atoms with Crippen LogP contribution in [0.2, 0.25) is 0 Å². The molecular weight excluding hydrogens is 196 g/mol. The quantitative estimate of drug-likeness (QED) is 0.686. The van der Waals surface area contributed by atoms with Crippen molar-refractivity contribution in [3.8, 4) is 0 Å². The van der Waals surface area contributed by atoms with Crippen LogP contribution >= 0.6 is 0 Å². The Morgan fingerprint density at radius 1 is 1.53 bits per heavy atom. The van der Waals surface area contributed by atoms with Gasteiger partial charge in [-0.1, -0.05) is 6.92 Å². The molecule has 0 unspecified atom stereocenters. The van der Waals surface area contributed by atoms with Gasteiger partial charge in [0, 0.05) is 13.1 Å². The summed E-state index contributed by atoms with van der Waals surface area (Å²) in [5, 5.41) is 11.8. The molecule has 0 aromatic rings. The monoisotopic (exact) mass is 214 g/mol. The van der Waals surface area contributed by atoms with Crippen LogP contribution in [0.1, 0.15) is 19.8 Å². The number of hydrogen-bond acceptors (Lipinski definition) is 3. The molecule has 0 aliphatic carbocycles. The topological polar surface area (TPSA) is 69.6 Å². The van der Waals surface area contributed by atoms with Crippen molar-refractivity contribution in [3.63, 3.8) is 0 Å². The maximum Gasteiger partial charge on any atom is 0.308 e. The van der Waals surface area contributed by atoms with E-state index in [1.807, 2.05) is 6.92 Å². The van der Waals surface area contributed by atoms with Crippen molar-refractivity contribution in [2.24, 2.45) is 5.92 Å². The number of likely N-dealkylation sites (N-methyl/N-ethyl adjacent to an activating group) is 1. The van der Waals surface area contributed by atoms with Crippen LogP contribution in [0.4, 0.5) is 0 Å². The van der Waals surface area contributed by atoms with E-state index in [4.69, 9.17) is 5.11 Å². The zero-order valence-corrected chi connectivity index (χ0v) is 9.03. The first-order valence-corrected chi connectivity index (χ1v) is 5.36. The van der Waals surface area contributed by atoms with Gasteiger partial charge in [0.05, 0.1) is 12.5 Å². The summed E-state index contributed by atoms with van der Waals surface area (Å²) in [5.74, 6) is -1.18. The predicted octanol–water partition coefficient (Wildman–Crippen LogP) is -0.0809. The minimum absolute atomic E-state index is 0.00259. The summed E-state index contributed by atoms with van der Waals surface area (Å²) in [4.78, 5) is 24.0. The lowest BCUT2D eigenvalue weighted by atomic mass is 9.98. The van der Waals surface area contributed by atoms with E-state index in [0.29, 0.717) is 26.1 Å². The van der Waals surface area contributed by atoms with Crippen LogP contribution in [0.3, 0.4) is 0 Å². The van der Waals surface area contributed by atoms with Crippen LogP contribution in [0.15, 0.2) is 0 Å². The zero-order chi connectivity index (χ0) is 11.3. The minimum atomic E-state index is -0.795. The number of piperidine rings is 1. The highest BCUT2D eigenvalue weighted by atomic mass is 16.4. The molecule has 1 fully saturated rings. The number of nitrogens with zero attached hydrogens (tertiary/aromatic N) is 1. The highest BCUT2D eigenvalue weighted by Gasteiger charge is 2.27. The highest BCUT2D eigenvalue weighted by molar-refractivity contribution is 5.79. The van der Waals surface area contributed by atoms with Gasteiger partial charge in [0.25, 0.3) is 0 Å². The lowest BCUT2D eigenvalue weighted by Gasteiger charge is -2.30.